The summed E-state index contributed by atoms with van der Waals surface area (Å²) in [7, 11) is 1.37. The number of benzene rings is 1. The monoisotopic (exact) mass is 220 g/mol. The van der Waals surface area contributed by atoms with E-state index in [1.165, 1.54) is 7.11 Å². The Bertz CT molecular complexity index is 385. The van der Waals surface area contributed by atoms with Crippen LogP contribution in [-0.2, 0) is 4.74 Å². The molecule has 0 unspecified atom stereocenters. The van der Waals surface area contributed by atoms with Crippen LogP contribution in [0.3, 0.4) is 0 Å². The Balaban J connectivity index is 3.06. The number of rotatable bonds is 4. The van der Waals surface area contributed by atoms with Gasteiger partial charge in [0.15, 0.2) is 0 Å². The van der Waals surface area contributed by atoms with Gasteiger partial charge in [-0.3, -0.25) is 0 Å². The van der Waals surface area contributed by atoms with Crippen molar-refractivity contribution in [2.45, 2.75) is 13.8 Å². The van der Waals surface area contributed by atoms with E-state index in [0.29, 0.717) is 12.2 Å². The molecule has 16 heavy (non-hydrogen) atoms. The van der Waals surface area contributed by atoms with E-state index in [2.05, 4.69) is 11.3 Å². The summed E-state index contributed by atoms with van der Waals surface area (Å²) in [6.07, 6.45) is 1.69. The summed E-state index contributed by atoms with van der Waals surface area (Å²) < 4.78 is 10.2. The molecule has 0 saturated heterocycles. The quantitative estimate of drug-likeness (QED) is 0.578. The van der Waals surface area contributed by atoms with E-state index in [1.54, 1.807) is 18.2 Å². The fourth-order valence-corrected chi connectivity index (χ4v) is 1.56. The first-order chi connectivity index (χ1) is 7.60. The minimum Gasteiger partial charge on any atom is -0.489 e. The summed E-state index contributed by atoms with van der Waals surface area (Å²) in [6.45, 7) is 7.85. The van der Waals surface area contributed by atoms with Gasteiger partial charge in [0.05, 0.1) is 12.7 Å². The van der Waals surface area contributed by atoms with Crippen molar-refractivity contribution < 1.29 is 14.3 Å². The molecule has 0 saturated carbocycles. The number of esters is 1. The lowest BCUT2D eigenvalue weighted by Crippen LogP contribution is -2.04. The molecule has 0 aliphatic rings. The lowest BCUT2D eigenvalue weighted by atomic mass is 10.1. The molecule has 0 bridgehead atoms. The normalized spacial score (nSPS) is 9.69. The van der Waals surface area contributed by atoms with Crippen molar-refractivity contribution in [1.82, 2.24) is 0 Å². The van der Waals surface area contributed by atoms with Gasteiger partial charge in [-0.2, -0.15) is 0 Å². The van der Waals surface area contributed by atoms with Gasteiger partial charge in [-0.1, -0.05) is 12.7 Å². The summed E-state index contributed by atoms with van der Waals surface area (Å²) >= 11 is 0. The standard InChI is InChI=1S/C13H16O3/c1-5-6-16-12-9(2)7-11(8-10(12)3)13(14)15-4/h5,7-8H,1,6H2,2-4H3. The summed E-state index contributed by atoms with van der Waals surface area (Å²) in [4.78, 5) is 11.4. The SMILES string of the molecule is C=CCOc1c(C)cc(C(=O)OC)cc1C. The highest BCUT2D eigenvalue weighted by atomic mass is 16.5. The number of carbonyl (C=O) groups is 1. The first-order valence-electron chi connectivity index (χ1n) is 5.03. The molecule has 0 atom stereocenters. The van der Waals surface area contributed by atoms with E-state index in [1.807, 2.05) is 13.8 Å². The van der Waals surface area contributed by atoms with Crippen molar-refractivity contribution >= 4 is 5.97 Å². The second kappa shape index (κ2) is 5.35. The van der Waals surface area contributed by atoms with E-state index in [9.17, 15) is 4.79 Å². The minimum atomic E-state index is -0.332. The molecule has 0 aliphatic heterocycles. The predicted octanol–water partition coefficient (Wildman–Crippen LogP) is 2.65. The highest BCUT2D eigenvalue weighted by Gasteiger charge is 2.11. The molecule has 0 aromatic heterocycles. The number of carbonyl (C=O) groups excluding carboxylic acids is 1. The van der Waals surface area contributed by atoms with E-state index < -0.39 is 0 Å². The van der Waals surface area contributed by atoms with Crippen LogP contribution in [0.15, 0.2) is 24.8 Å². The first-order valence-corrected chi connectivity index (χ1v) is 5.03. The number of hydrogen-bond acceptors (Lipinski definition) is 3. The minimum absolute atomic E-state index is 0.332. The van der Waals surface area contributed by atoms with Crippen molar-refractivity contribution in [3.63, 3.8) is 0 Å². The van der Waals surface area contributed by atoms with Crippen LogP contribution in [0.25, 0.3) is 0 Å². The van der Waals surface area contributed by atoms with Gasteiger partial charge >= 0.3 is 5.97 Å². The third kappa shape index (κ3) is 2.63. The van der Waals surface area contributed by atoms with Crippen LogP contribution in [-0.4, -0.2) is 19.7 Å². The Hall–Kier alpha value is -1.77. The van der Waals surface area contributed by atoms with E-state index in [-0.39, 0.29) is 5.97 Å². The van der Waals surface area contributed by atoms with E-state index in [4.69, 9.17) is 4.74 Å². The molecule has 3 heteroatoms. The van der Waals surface area contributed by atoms with Gasteiger partial charge in [-0.25, -0.2) is 4.79 Å². The first kappa shape index (κ1) is 12.3. The summed E-state index contributed by atoms with van der Waals surface area (Å²) in [5, 5.41) is 0. The van der Waals surface area contributed by atoms with Gasteiger partial charge in [0.1, 0.15) is 12.4 Å². The molecule has 3 nitrogen and oxygen atoms in total. The Kier molecular flexibility index (Phi) is 4.11. The molecular weight excluding hydrogens is 204 g/mol. The van der Waals surface area contributed by atoms with Gasteiger partial charge in [-0.15, -0.1) is 0 Å². The van der Waals surface area contributed by atoms with Crippen LogP contribution in [0.2, 0.25) is 0 Å². The Morgan fingerprint density at radius 2 is 1.94 bits per heavy atom. The third-order valence-corrected chi connectivity index (χ3v) is 2.23. The molecule has 0 radical (unpaired) electrons. The van der Waals surface area contributed by atoms with Gasteiger partial charge in [0.25, 0.3) is 0 Å². The van der Waals surface area contributed by atoms with E-state index in [0.717, 1.165) is 16.9 Å². The van der Waals surface area contributed by atoms with E-state index >= 15 is 0 Å². The van der Waals surface area contributed by atoms with Crippen molar-refractivity contribution in [2.24, 2.45) is 0 Å². The van der Waals surface area contributed by atoms with Crippen molar-refractivity contribution in [3.05, 3.63) is 41.5 Å². The Morgan fingerprint density at radius 1 is 1.38 bits per heavy atom. The van der Waals surface area contributed by atoms with Crippen molar-refractivity contribution in [2.75, 3.05) is 13.7 Å². The third-order valence-electron chi connectivity index (χ3n) is 2.23. The smallest absolute Gasteiger partial charge is 0.337 e. The van der Waals surface area contributed by atoms with Crippen molar-refractivity contribution in [1.29, 1.82) is 0 Å². The summed E-state index contributed by atoms with van der Waals surface area (Å²) in [5.74, 6) is 0.467. The zero-order valence-corrected chi connectivity index (χ0v) is 9.87. The van der Waals surface area contributed by atoms with Crippen LogP contribution >= 0.6 is 0 Å². The Morgan fingerprint density at radius 3 is 2.38 bits per heavy atom. The lowest BCUT2D eigenvalue weighted by Gasteiger charge is -2.12. The predicted molar refractivity (Wildman–Crippen MR) is 62.9 cm³/mol. The van der Waals surface area contributed by atoms with Crippen LogP contribution in [0.4, 0.5) is 0 Å². The molecule has 0 aliphatic carbocycles. The van der Waals surface area contributed by atoms with Gasteiger partial charge in [0.2, 0.25) is 0 Å². The average molecular weight is 220 g/mol. The fraction of sp³-hybridized carbons (Fsp3) is 0.308. The molecule has 0 N–H and O–H groups in total. The molecule has 86 valence electrons. The Labute approximate surface area is 95.7 Å². The summed E-state index contributed by atoms with van der Waals surface area (Å²) in [5.41, 5.74) is 2.38. The van der Waals surface area contributed by atoms with Gasteiger partial charge in [0, 0.05) is 0 Å². The largest absolute Gasteiger partial charge is 0.489 e. The van der Waals surface area contributed by atoms with Crippen LogP contribution < -0.4 is 4.74 Å². The summed E-state index contributed by atoms with van der Waals surface area (Å²) in [6, 6.07) is 3.52. The maximum atomic E-state index is 11.4. The molecule has 1 aromatic carbocycles. The molecule has 0 spiro atoms. The van der Waals surface area contributed by atoms with Gasteiger partial charge in [-0.05, 0) is 37.1 Å². The number of aryl methyl sites for hydroxylation is 2. The molecular formula is C13H16O3. The van der Waals surface area contributed by atoms with Crippen LogP contribution in [0, 0.1) is 13.8 Å². The topological polar surface area (TPSA) is 35.5 Å². The average Bonchev–Trinajstić information content (AvgIpc) is 2.26. The lowest BCUT2D eigenvalue weighted by molar-refractivity contribution is 0.0600. The van der Waals surface area contributed by atoms with Crippen LogP contribution in [0.5, 0.6) is 5.75 Å². The fourth-order valence-electron chi connectivity index (χ4n) is 1.56. The molecule has 1 aromatic rings. The van der Waals surface area contributed by atoms with Gasteiger partial charge < -0.3 is 9.47 Å². The second-order valence-corrected chi connectivity index (χ2v) is 3.53. The zero-order chi connectivity index (χ0) is 12.1. The maximum absolute atomic E-state index is 11.4. The maximum Gasteiger partial charge on any atom is 0.337 e. The number of methoxy groups -OCH3 is 1. The second-order valence-electron chi connectivity index (χ2n) is 3.53. The molecule has 0 heterocycles. The molecule has 0 amide bonds. The van der Waals surface area contributed by atoms with Crippen molar-refractivity contribution in [3.8, 4) is 5.75 Å². The zero-order valence-electron chi connectivity index (χ0n) is 9.87. The molecule has 1 rings (SSSR count). The number of ether oxygens (including phenoxy) is 2. The number of hydrogen-bond donors (Lipinski definition) is 0. The highest BCUT2D eigenvalue weighted by Crippen LogP contribution is 2.25. The molecule has 0 fully saturated rings. The highest BCUT2D eigenvalue weighted by molar-refractivity contribution is 5.90. The van der Waals surface area contributed by atoms with Crippen LogP contribution in [0.1, 0.15) is 21.5 Å².